The molecule has 1 unspecified atom stereocenters. The van der Waals surface area contributed by atoms with Crippen LogP contribution in [0.4, 0.5) is 8.78 Å². The zero-order chi connectivity index (χ0) is 21.9. The van der Waals surface area contributed by atoms with E-state index in [2.05, 4.69) is 20.9 Å². The summed E-state index contributed by atoms with van der Waals surface area (Å²) in [7, 11) is -5.20. The maximum atomic E-state index is 15.2. The number of hydrogen-bond acceptors (Lipinski definition) is 6. The Hall–Kier alpha value is -2.04. The molecule has 0 radical (unpaired) electrons. The molecule has 158 valence electrons. The van der Waals surface area contributed by atoms with Crippen molar-refractivity contribution in [2.75, 3.05) is 13.2 Å². The van der Waals surface area contributed by atoms with E-state index in [1.54, 1.807) is 30.3 Å². The molecule has 0 bridgehead atoms. The van der Waals surface area contributed by atoms with Crippen molar-refractivity contribution in [3.8, 4) is 11.8 Å². The van der Waals surface area contributed by atoms with Gasteiger partial charge in [-0.05, 0) is 39.8 Å². The van der Waals surface area contributed by atoms with E-state index in [1.807, 2.05) is 0 Å². The van der Waals surface area contributed by atoms with Crippen LogP contribution in [-0.2, 0) is 23.1 Å². The van der Waals surface area contributed by atoms with Crippen molar-refractivity contribution >= 4 is 13.4 Å². The Bertz CT molecular complexity index is 891. The van der Waals surface area contributed by atoms with E-state index in [0.29, 0.717) is 5.56 Å². The molecule has 0 saturated heterocycles. The Kier molecular flexibility index (Phi) is 7.02. The van der Waals surface area contributed by atoms with Gasteiger partial charge in [0.05, 0.1) is 19.3 Å². The fourth-order valence-corrected chi connectivity index (χ4v) is 4.34. The number of carbonyl (C=O) groups is 1. The molecule has 0 spiro atoms. The number of halogens is 2. The molecule has 1 atom stereocenters. The van der Waals surface area contributed by atoms with E-state index < -0.39 is 42.1 Å². The van der Waals surface area contributed by atoms with Crippen molar-refractivity contribution in [3.05, 3.63) is 47.2 Å². The third-order valence-corrected chi connectivity index (χ3v) is 6.16. The highest BCUT2D eigenvalue weighted by atomic mass is 31.2. The fourth-order valence-electron chi connectivity index (χ4n) is 2.67. The lowest BCUT2D eigenvalue weighted by molar-refractivity contribution is -0.177. The second-order valence-corrected chi connectivity index (χ2v) is 8.47. The van der Waals surface area contributed by atoms with E-state index in [-0.39, 0.29) is 13.2 Å². The van der Waals surface area contributed by atoms with E-state index in [0.717, 1.165) is 0 Å². The minimum absolute atomic E-state index is 0.373. The molecule has 9 heteroatoms. The summed E-state index contributed by atoms with van der Waals surface area (Å²) in [4.78, 5) is 12.6. The smallest absolute Gasteiger partial charge is 0.403 e. The van der Waals surface area contributed by atoms with Crippen LogP contribution in [0.2, 0.25) is 0 Å². The predicted molar refractivity (Wildman–Crippen MR) is 102 cm³/mol. The number of alkyl halides is 2. The van der Waals surface area contributed by atoms with Gasteiger partial charge < -0.3 is 18.9 Å². The number of carbonyl (C=O) groups excluding carboxylic acids is 1. The van der Waals surface area contributed by atoms with Crippen LogP contribution in [0.25, 0.3) is 0 Å². The number of hydrogen-bond donors (Lipinski definition) is 1. The summed E-state index contributed by atoms with van der Waals surface area (Å²) < 4.78 is 57.8. The van der Waals surface area contributed by atoms with E-state index in [1.165, 1.54) is 27.7 Å². The highest BCUT2D eigenvalue weighted by molar-refractivity contribution is 7.55. The van der Waals surface area contributed by atoms with Crippen molar-refractivity contribution in [2.45, 2.75) is 45.1 Å². The average molecular weight is 428 g/mol. The molecule has 1 aromatic carbocycles. The lowest BCUT2D eigenvalue weighted by Crippen LogP contribution is -2.63. The van der Waals surface area contributed by atoms with E-state index >= 15 is 8.78 Å². The monoisotopic (exact) mass is 428 g/mol. The molecule has 29 heavy (non-hydrogen) atoms. The lowest BCUT2D eigenvalue weighted by Gasteiger charge is -2.43. The van der Waals surface area contributed by atoms with Gasteiger partial charge in [0.15, 0.2) is 5.76 Å². The first-order valence-corrected chi connectivity index (χ1v) is 10.6. The first kappa shape index (κ1) is 23.2. The minimum atomic E-state index is -5.20. The molecular formula is C20H23F2O6P. The average Bonchev–Trinajstić information content (AvgIpc) is 2.67. The summed E-state index contributed by atoms with van der Waals surface area (Å²) >= 11 is 0. The zero-order valence-corrected chi connectivity index (χ0v) is 17.5. The van der Waals surface area contributed by atoms with Gasteiger partial charge in [0.2, 0.25) is 5.78 Å². The minimum Gasteiger partial charge on any atom is -0.490 e. The molecule has 0 fully saturated rings. The normalized spacial score (nSPS) is 19.7. The Morgan fingerprint density at radius 1 is 1.14 bits per heavy atom. The topological polar surface area (TPSA) is 82.1 Å². The molecule has 1 N–H and O–H groups in total. The van der Waals surface area contributed by atoms with Crippen molar-refractivity contribution in [1.82, 2.24) is 0 Å². The molecule has 6 nitrogen and oxygen atoms in total. The molecule has 0 amide bonds. The summed E-state index contributed by atoms with van der Waals surface area (Å²) in [6, 6.07) is 8.54. The molecule has 0 aromatic heterocycles. The quantitative estimate of drug-likeness (QED) is 0.500. The van der Waals surface area contributed by atoms with Gasteiger partial charge >= 0.3 is 13.3 Å². The van der Waals surface area contributed by atoms with Gasteiger partial charge in [0, 0.05) is 5.56 Å². The van der Waals surface area contributed by atoms with Crippen LogP contribution in [-0.4, -0.2) is 41.5 Å². The van der Waals surface area contributed by atoms with Crippen molar-refractivity contribution < 1.29 is 37.0 Å². The standard InChI is InChI=1S/C20H23F2O6P/c1-5-26-29(25,27-6-2)20(21,22)19(24)17(23)16(18(19)28-14(3)4)13-12-15-10-8-7-9-11-15/h7-11,14,24H,5-6H2,1-4H3. The van der Waals surface area contributed by atoms with E-state index in [9.17, 15) is 14.5 Å². The molecule has 2 rings (SSSR count). The number of ketones is 1. The van der Waals surface area contributed by atoms with Gasteiger partial charge in [-0.1, -0.05) is 30.0 Å². The molecule has 1 aliphatic rings. The number of rotatable bonds is 8. The van der Waals surface area contributed by atoms with Crippen LogP contribution in [0, 0.1) is 11.8 Å². The van der Waals surface area contributed by atoms with Gasteiger partial charge in [0.1, 0.15) is 5.57 Å². The zero-order valence-electron chi connectivity index (χ0n) is 16.6. The van der Waals surface area contributed by atoms with Gasteiger partial charge in [-0.3, -0.25) is 9.36 Å². The molecule has 0 saturated carbocycles. The third kappa shape index (κ3) is 4.01. The summed E-state index contributed by atoms with van der Waals surface area (Å²) in [6.45, 7) is 4.99. The van der Waals surface area contributed by atoms with Crippen LogP contribution >= 0.6 is 7.60 Å². The van der Waals surface area contributed by atoms with Gasteiger partial charge in [-0.25, -0.2) is 0 Å². The second-order valence-electron chi connectivity index (χ2n) is 6.40. The van der Waals surface area contributed by atoms with Crippen molar-refractivity contribution in [1.29, 1.82) is 0 Å². The summed E-state index contributed by atoms with van der Waals surface area (Å²) in [5.74, 6) is 2.99. The number of benzene rings is 1. The number of ether oxygens (including phenoxy) is 1. The highest BCUT2D eigenvalue weighted by Gasteiger charge is 2.78. The number of Topliss-reactive ketones (excluding diaryl/α,β-unsaturated/α-hetero) is 1. The Morgan fingerprint density at radius 2 is 1.69 bits per heavy atom. The van der Waals surface area contributed by atoms with Gasteiger partial charge in [-0.2, -0.15) is 8.78 Å². The highest BCUT2D eigenvalue weighted by Crippen LogP contribution is 2.69. The first-order valence-electron chi connectivity index (χ1n) is 9.07. The van der Waals surface area contributed by atoms with Gasteiger partial charge in [0.25, 0.3) is 5.60 Å². The molecule has 1 aliphatic carbocycles. The predicted octanol–water partition coefficient (Wildman–Crippen LogP) is 3.89. The first-order chi connectivity index (χ1) is 13.5. The fraction of sp³-hybridized carbons (Fsp3) is 0.450. The van der Waals surface area contributed by atoms with Crippen LogP contribution < -0.4 is 0 Å². The van der Waals surface area contributed by atoms with Crippen LogP contribution in [0.3, 0.4) is 0 Å². The lowest BCUT2D eigenvalue weighted by atomic mass is 9.77. The van der Waals surface area contributed by atoms with Gasteiger partial charge in [-0.15, -0.1) is 0 Å². The maximum Gasteiger partial charge on any atom is 0.403 e. The summed E-state index contributed by atoms with van der Waals surface area (Å²) in [5.41, 5.74) is -7.96. The maximum absolute atomic E-state index is 15.2. The van der Waals surface area contributed by atoms with Crippen LogP contribution in [0.5, 0.6) is 0 Å². The number of aliphatic hydroxyl groups is 1. The summed E-state index contributed by atoms with van der Waals surface area (Å²) in [6.07, 6.45) is -0.660. The SMILES string of the molecule is CCOP(=O)(OCC)C(F)(F)C1(O)C(=O)C(C#Cc2ccccc2)=C1OC(C)C. The van der Waals surface area contributed by atoms with Crippen LogP contribution in [0.1, 0.15) is 33.3 Å². The third-order valence-electron chi connectivity index (χ3n) is 3.95. The molecule has 0 aliphatic heterocycles. The van der Waals surface area contributed by atoms with Crippen LogP contribution in [0.15, 0.2) is 41.7 Å². The molecule has 0 heterocycles. The second kappa shape index (κ2) is 8.76. The molecular weight excluding hydrogens is 405 g/mol. The van der Waals surface area contributed by atoms with Crippen molar-refractivity contribution in [2.24, 2.45) is 0 Å². The van der Waals surface area contributed by atoms with Crippen molar-refractivity contribution in [3.63, 3.8) is 0 Å². The Morgan fingerprint density at radius 3 is 2.17 bits per heavy atom. The Balaban J connectivity index is 2.58. The summed E-state index contributed by atoms with van der Waals surface area (Å²) in [5, 5.41) is 10.7. The largest absolute Gasteiger partial charge is 0.490 e. The molecule has 1 aromatic rings. The van der Waals surface area contributed by atoms with E-state index in [4.69, 9.17) is 4.74 Å². The Labute approximate surface area is 168 Å².